The first-order valence-corrected chi connectivity index (χ1v) is 15.2. The van der Waals surface area contributed by atoms with Gasteiger partial charge in [0.25, 0.3) is 0 Å². The molecule has 0 spiro atoms. The summed E-state index contributed by atoms with van der Waals surface area (Å²) in [6.45, 7) is -2.68. The number of hydrogen-bond acceptors (Lipinski definition) is 15. The van der Waals surface area contributed by atoms with Gasteiger partial charge in [0.05, 0.1) is 24.9 Å². The number of carbonyl (C=O) groups is 3. The summed E-state index contributed by atoms with van der Waals surface area (Å²) in [6.07, 6.45) is -12.4. The van der Waals surface area contributed by atoms with E-state index in [0.29, 0.717) is 0 Å². The van der Waals surface area contributed by atoms with Crippen LogP contribution in [0.4, 0.5) is 4.79 Å². The molecule has 2 heterocycles. The van der Waals surface area contributed by atoms with Crippen molar-refractivity contribution >= 4 is 33.5 Å². The maximum Gasteiger partial charge on any atom is 1.00 e. The molecule has 3 fully saturated rings. The molecule has 1 saturated carbocycles. The van der Waals surface area contributed by atoms with Crippen LogP contribution in [-0.2, 0) is 36.8 Å². The molecule has 2 saturated heterocycles. The largest absolute Gasteiger partial charge is 1.00 e. The van der Waals surface area contributed by atoms with E-state index in [-0.39, 0.29) is 43.9 Å². The average molecular weight is 672 g/mol. The summed E-state index contributed by atoms with van der Waals surface area (Å²) in [5, 5.41) is 57.7. The Morgan fingerprint density at radius 1 is 1.16 bits per heavy atom. The van der Waals surface area contributed by atoms with Gasteiger partial charge in [-0.05, 0) is 12.0 Å². The molecule has 11 atom stereocenters. The third-order valence-corrected chi connectivity index (χ3v) is 9.25. The summed E-state index contributed by atoms with van der Waals surface area (Å²) in [4.78, 5) is 58.8. The van der Waals surface area contributed by atoms with Crippen LogP contribution < -0.4 is 40.2 Å². The fourth-order valence-corrected chi connectivity index (χ4v) is 6.83. The van der Waals surface area contributed by atoms with E-state index < -0.39 is 114 Å². The standard InChI is InChI=1S/C18H30N6O16P2.Na.H/c19-23-20-4-11(27)21-12-8(3-7(5-25)13(28)15(12)30)39-42(35,36)40-41(33,34)37-6-9-14(29)16(31)17(38-9)24-2-1-10(26)22-18(24)32;;/h7-9,12-17,25,28-31H,1-6H2,(H,21,27)(H,33,34)(H,35,36)(H,22,26,32);;/q;+1;-1. The van der Waals surface area contributed by atoms with E-state index in [4.69, 9.17) is 14.8 Å². The smallest absolute Gasteiger partial charge is 1.00 e. The van der Waals surface area contributed by atoms with Crippen LogP contribution in [0.2, 0.25) is 0 Å². The van der Waals surface area contributed by atoms with Crippen molar-refractivity contribution in [3.63, 3.8) is 0 Å². The van der Waals surface area contributed by atoms with Crippen molar-refractivity contribution in [1.29, 1.82) is 0 Å². The van der Waals surface area contributed by atoms with Gasteiger partial charge in [-0.2, -0.15) is 4.31 Å². The molecule has 25 heteroatoms. The van der Waals surface area contributed by atoms with E-state index >= 15 is 0 Å². The fourth-order valence-electron chi connectivity index (χ4n) is 4.55. The number of rotatable bonds is 12. The van der Waals surface area contributed by atoms with Gasteiger partial charge in [0.15, 0.2) is 6.23 Å². The maximum absolute atomic E-state index is 12.6. The van der Waals surface area contributed by atoms with Gasteiger partial charge in [-0.3, -0.25) is 28.9 Å². The number of nitrogens with one attached hydrogen (secondary N) is 2. The minimum absolute atomic E-state index is 0. The number of imide groups is 1. The third-order valence-electron chi connectivity index (χ3n) is 6.58. The minimum atomic E-state index is -5.60. The molecule has 43 heavy (non-hydrogen) atoms. The zero-order valence-corrected chi connectivity index (χ0v) is 26.2. The molecule has 0 aromatic heterocycles. The number of aliphatic hydroxyl groups is 5. The SMILES string of the molecule is [H-].[N-]=[N+]=NCC(=O)NC1C(OP(=O)(O)OP(=O)(O)OCC2OC(N3CCC(=O)NC3=O)C(O)C2O)CC(CO)C(O)C1O.[Na+]. The summed E-state index contributed by atoms with van der Waals surface area (Å²) in [6, 6.07) is -2.57. The van der Waals surface area contributed by atoms with Crippen LogP contribution in [0.3, 0.4) is 0 Å². The molecule has 2 aliphatic heterocycles. The number of aliphatic hydroxyl groups excluding tert-OH is 5. The monoisotopic (exact) mass is 672 g/mol. The summed E-state index contributed by atoms with van der Waals surface area (Å²) in [5.41, 5.74) is 8.35. The molecule has 22 nitrogen and oxygen atoms in total. The molecule has 4 amide bonds. The van der Waals surface area contributed by atoms with Crippen molar-refractivity contribution in [2.75, 3.05) is 26.3 Å². The number of ether oxygens (including phenoxy) is 1. The Morgan fingerprint density at radius 3 is 2.44 bits per heavy atom. The third kappa shape index (κ3) is 9.86. The molecular formula is C18H31N6NaO16P2. The Morgan fingerprint density at radius 2 is 1.84 bits per heavy atom. The van der Waals surface area contributed by atoms with Crippen molar-refractivity contribution in [2.24, 2.45) is 11.0 Å². The van der Waals surface area contributed by atoms with Gasteiger partial charge in [0.2, 0.25) is 11.8 Å². The number of phosphoric ester groups is 2. The van der Waals surface area contributed by atoms with Gasteiger partial charge in [0.1, 0.15) is 31.0 Å². The zero-order valence-electron chi connectivity index (χ0n) is 23.4. The molecule has 0 aromatic carbocycles. The number of azide groups is 1. The van der Waals surface area contributed by atoms with Crippen LogP contribution in [0.1, 0.15) is 14.3 Å². The second-order valence-corrected chi connectivity index (χ2v) is 12.4. The van der Waals surface area contributed by atoms with Crippen LogP contribution in [0.15, 0.2) is 5.11 Å². The molecule has 0 aromatic rings. The van der Waals surface area contributed by atoms with E-state index in [1.54, 1.807) is 0 Å². The summed E-state index contributed by atoms with van der Waals surface area (Å²) >= 11 is 0. The maximum atomic E-state index is 12.6. The number of urea groups is 1. The Labute approximate surface area is 265 Å². The summed E-state index contributed by atoms with van der Waals surface area (Å²) in [5.74, 6) is -2.70. The van der Waals surface area contributed by atoms with Crippen molar-refractivity contribution in [1.82, 2.24) is 15.5 Å². The Bertz CT molecular complexity index is 1190. The second-order valence-electron chi connectivity index (χ2n) is 9.44. The number of nitrogens with zero attached hydrogens (tertiary/aromatic N) is 4. The molecule has 240 valence electrons. The Balaban J connectivity index is 0.00000484. The minimum Gasteiger partial charge on any atom is -1.00 e. The van der Waals surface area contributed by atoms with Crippen LogP contribution in [0, 0.1) is 5.92 Å². The Hall–Kier alpha value is -1.26. The Kier molecular flexibility index (Phi) is 14.0. The van der Waals surface area contributed by atoms with Crippen molar-refractivity contribution in [2.45, 2.75) is 61.7 Å². The van der Waals surface area contributed by atoms with Crippen LogP contribution in [0.25, 0.3) is 10.4 Å². The zero-order chi connectivity index (χ0) is 31.4. The van der Waals surface area contributed by atoms with E-state index in [0.717, 1.165) is 4.90 Å². The van der Waals surface area contributed by atoms with Crippen LogP contribution in [-0.4, -0.2) is 133 Å². The van der Waals surface area contributed by atoms with Crippen LogP contribution >= 0.6 is 15.6 Å². The molecular weight excluding hydrogens is 641 g/mol. The topological polar surface area (TPSA) is 340 Å². The van der Waals surface area contributed by atoms with E-state index in [9.17, 15) is 58.8 Å². The first kappa shape index (κ1) is 37.9. The van der Waals surface area contributed by atoms with Crippen molar-refractivity contribution in [3.05, 3.63) is 10.4 Å². The van der Waals surface area contributed by atoms with Gasteiger partial charge in [0, 0.05) is 30.4 Å². The normalized spacial score (nSPS) is 35.5. The van der Waals surface area contributed by atoms with Gasteiger partial charge < -0.3 is 46.8 Å². The molecule has 1 aliphatic carbocycles. The quantitative estimate of drug-likeness (QED) is 0.0306. The molecule has 0 radical (unpaired) electrons. The number of hydrogen-bond donors (Lipinski definition) is 9. The van der Waals surface area contributed by atoms with Gasteiger partial charge in [-0.15, -0.1) is 0 Å². The van der Waals surface area contributed by atoms with E-state index in [2.05, 4.69) is 24.2 Å². The molecule has 0 bridgehead atoms. The van der Waals surface area contributed by atoms with Gasteiger partial charge >= 0.3 is 51.2 Å². The van der Waals surface area contributed by atoms with Crippen LogP contribution in [0.5, 0.6) is 0 Å². The van der Waals surface area contributed by atoms with Crippen molar-refractivity contribution < 1.29 is 108 Å². The van der Waals surface area contributed by atoms with Crippen molar-refractivity contribution in [3.8, 4) is 0 Å². The average Bonchev–Trinajstić information content (AvgIpc) is 3.18. The number of carbonyl (C=O) groups excluding carboxylic acids is 3. The first-order chi connectivity index (χ1) is 19.6. The van der Waals surface area contributed by atoms with Gasteiger partial charge in [-0.1, -0.05) is 5.11 Å². The molecule has 11 unspecified atom stereocenters. The summed E-state index contributed by atoms with van der Waals surface area (Å²) in [7, 11) is -11.1. The van der Waals surface area contributed by atoms with E-state index in [1.807, 2.05) is 5.32 Å². The van der Waals surface area contributed by atoms with Gasteiger partial charge in [-0.25, -0.2) is 13.9 Å². The number of phosphoric acid groups is 2. The molecule has 3 rings (SSSR count). The summed E-state index contributed by atoms with van der Waals surface area (Å²) < 4.78 is 44.2. The fraction of sp³-hybridized carbons (Fsp3) is 0.833. The second kappa shape index (κ2) is 15.8. The first-order valence-electron chi connectivity index (χ1n) is 12.2. The molecule has 3 aliphatic rings. The van der Waals surface area contributed by atoms with E-state index in [1.165, 1.54) is 0 Å². The number of amides is 4. The molecule has 9 N–H and O–H groups in total. The predicted octanol–water partition coefficient (Wildman–Crippen LogP) is -6.36. The predicted molar refractivity (Wildman–Crippen MR) is 131 cm³/mol.